The van der Waals surface area contributed by atoms with Crippen molar-refractivity contribution in [3.05, 3.63) is 59.7 Å². The van der Waals surface area contributed by atoms with Crippen molar-refractivity contribution in [2.24, 2.45) is 11.8 Å². The molecule has 0 fully saturated rings. The summed E-state index contributed by atoms with van der Waals surface area (Å²) >= 11 is 0. The van der Waals surface area contributed by atoms with E-state index in [2.05, 4.69) is 24.5 Å². The van der Waals surface area contributed by atoms with Crippen LogP contribution in [0.5, 0.6) is 0 Å². The SMILES string of the molecule is CCC(C)C(C(=O)Nc1cc(NC(=O)C(C)C)ccc1C)c1ccccc1. The van der Waals surface area contributed by atoms with E-state index in [1.54, 1.807) is 0 Å². The fraction of sp³-hybridized carbons (Fsp3) is 0.391. The van der Waals surface area contributed by atoms with Crippen molar-refractivity contribution in [2.45, 2.75) is 47.0 Å². The van der Waals surface area contributed by atoms with Gasteiger partial charge in [0.25, 0.3) is 0 Å². The minimum Gasteiger partial charge on any atom is -0.326 e. The largest absolute Gasteiger partial charge is 0.326 e. The molecular formula is C23H30N2O2. The maximum Gasteiger partial charge on any atom is 0.232 e. The van der Waals surface area contributed by atoms with Crippen LogP contribution in [0.25, 0.3) is 0 Å². The van der Waals surface area contributed by atoms with E-state index in [4.69, 9.17) is 0 Å². The molecule has 2 atom stereocenters. The summed E-state index contributed by atoms with van der Waals surface area (Å²) in [6, 6.07) is 15.5. The van der Waals surface area contributed by atoms with Crippen LogP contribution >= 0.6 is 0 Å². The lowest BCUT2D eigenvalue weighted by atomic mass is 9.85. The van der Waals surface area contributed by atoms with Gasteiger partial charge in [-0.3, -0.25) is 9.59 Å². The van der Waals surface area contributed by atoms with E-state index in [0.717, 1.165) is 23.2 Å². The molecule has 4 nitrogen and oxygen atoms in total. The lowest BCUT2D eigenvalue weighted by Crippen LogP contribution is -2.26. The van der Waals surface area contributed by atoms with Gasteiger partial charge in [0.05, 0.1) is 5.92 Å². The fourth-order valence-electron chi connectivity index (χ4n) is 2.97. The van der Waals surface area contributed by atoms with Crippen molar-refractivity contribution >= 4 is 23.2 Å². The molecule has 2 rings (SSSR count). The number of hydrogen-bond acceptors (Lipinski definition) is 2. The lowest BCUT2D eigenvalue weighted by Gasteiger charge is -2.23. The first-order valence-corrected chi connectivity index (χ1v) is 9.60. The van der Waals surface area contributed by atoms with Gasteiger partial charge in [0.15, 0.2) is 0 Å². The van der Waals surface area contributed by atoms with Crippen LogP contribution < -0.4 is 10.6 Å². The highest BCUT2D eigenvalue weighted by Gasteiger charge is 2.26. The number of benzene rings is 2. The molecule has 0 aromatic heterocycles. The maximum atomic E-state index is 13.1. The minimum absolute atomic E-state index is 0.0222. The second kappa shape index (κ2) is 9.36. The number of anilines is 2. The normalized spacial score (nSPS) is 13.1. The van der Waals surface area contributed by atoms with Crippen molar-refractivity contribution in [1.82, 2.24) is 0 Å². The molecular weight excluding hydrogens is 336 g/mol. The lowest BCUT2D eigenvalue weighted by molar-refractivity contribution is -0.119. The summed E-state index contributed by atoms with van der Waals surface area (Å²) in [6.45, 7) is 9.85. The monoisotopic (exact) mass is 366 g/mol. The predicted molar refractivity (Wildman–Crippen MR) is 112 cm³/mol. The molecule has 2 unspecified atom stereocenters. The van der Waals surface area contributed by atoms with E-state index < -0.39 is 0 Å². The van der Waals surface area contributed by atoms with Gasteiger partial charge in [-0.25, -0.2) is 0 Å². The quantitative estimate of drug-likeness (QED) is 0.693. The van der Waals surface area contributed by atoms with E-state index in [1.165, 1.54) is 0 Å². The first kappa shape index (κ1) is 20.7. The summed E-state index contributed by atoms with van der Waals surface area (Å²) in [6.07, 6.45) is 0.913. The minimum atomic E-state index is -0.218. The molecule has 2 N–H and O–H groups in total. The molecule has 0 aliphatic heterocycles. The number of amides is 2. The summed E-state index contributed by atoms with van der Waals surface area (Å²) in [4.78, 5) is 25.1. The smallest absolute Gasteiger partial charge is 0.232 e. The van der Waals surface area contributed by atoms with Crippen molar-refractivity contribution in [3.8, 4) is 0 Å². The highest BCUT2D eigenvalue weighted by Crippen LogP contribution is 2.30. The van der Waals surface area contributed by atoms with E-state index >= 15 is 0 Å². The second-order valence-electron chi connectivity index (χ2n) is 7.44. The number of carbonyl (C=O) groups is 2. The summed E-state index contributed by atoms with van der Waals surface area (Å²) in [7, 11) is 0. The molecule has 0 spiro atoms. The molecule has 0 heterocycles. The van der Waals surface area contributed by atoms with Gasteiger partial charge in [0.2, 0.25) is 11.8 Å². The highest BCUT2D eigenvalue weighted by molar-refractivity contribution is 5.98. The molecule has 144 valence electrons. The Morgan fingerprint density at radius 3 is 2.19 bits per heavy atom. The first-order valence-electron chi connectivity index (χ1n) is 9.60. The summed E-state index contributed by atoms with van der Waals surface area (Å²) in [5.74, 6) is -0.165. The third-order valence-corrected chi connectivity index (χ3v) is 4.94. The topological polar surface area (TPSA) is 58.2 Å². The Morgan fingerprint density at radius 2 is 1.59 bits per heavy atom. The number of nitrogens with one attached hydrogen (secondary N) is 2. The van der Waals surface area contributed by atoms with E-state index in [-0.39, 0.29) is 29.6 Å². The Labute approximate surface area is 162 Å². The summed E-state index contributed by atoms with van der Waals surface area (Å²) in [5.41, 5.74) is 3.40. The molecule has 0 saturated heterocycles. The van der Waals surface area contributed by atoms with Gasteiger partial charge in [-0.2, -0.15) is 0 Å². The molecule has 0 aliphatic rings. The van der Waals surface area contributed by atoms with Crippen molar-refractivity contribution in [3.63, 3.8) is 0 Å². The van der Waals surface area contributed by atoms with Crippen LogP contribution in [0.1, 0.15) is 51.2 Å². The van der Waals surface area contributed by atoms with Gasteiger partial charge >= 0.3 is 0 Å². The third-order valence-electron chi connectivity index (χ3n) is 4.94. The van der Waals surface area contributed by atoms with Crippen LogP contribution in [0.3, 0.4) is 0 Å². The molecule has 0 aliphatic carbocycles. The number of rotatable bonds is 7. The Kier molecular flexibility index (Phi) is 7.17. The number of carbonyl (C=O) groups excluding carboxylic acids is 2. The molecule has 2 aromatic carbocycles. The highest BCUT2D eigenvalue weighted by atomic mass is 16.2. The maximum absolute atomic E-state index is 13.1. The van der Waals surface area contributed by atoms with E-state index in [9.17, 15) is 9.59 Å². The number of hydrogen-bond donors (Lipinski definition) is 2. The molecule has 2 amide bonds. The molecule has 0 radical (unpaired) electrons. The van der Waals surface area contributed by atoms with Crippen LogP contribution in [0.4, 0.5) is 11.4 Å². The zero-order valence-electron chi connectivity index (χ0n) is 16.9. The summed E-state index contributed by atoms with van der Waals surface area (Å²) < 4.78 is 0. The Balaban J connectivity index is 2.25. The molecule has 0 bridgehead atoms. The van der Waals surface area contributed by atoms with Crippen molar-refractivity contribution < 1.29 is 9.59 Å². The standard InChI is InChI=1S/C23H30N2O2/c1-6-16(4)21(18-10-8-7-9-11-18)23(27)25-20-14-19(13-12-17(20)5)24-22(26)15(2)3/h7-16,21H,6H2,1-5H3,(H,24,26)(H,25,27). The van der Waals surface area contributed by atoms with Gasteiger partial charge in [0.1, 0.15) is 0 Å². The average Bonchev–Trinajstić information content (AvgIpc) is 2.65. The van der Waals surface area contributed by atoms with Gasteiger partial charge in [-0.15, -0.1) is 0 Å². The van der Waals surface area contributed by atoms with Crippen LogP contribution in [0.2, 0.25) is 0 Å². The summed E-state index contributed by atoms with van der Waals surface area (Å²) in [5, 5.41) is 5.96. The molecule has 27 heavy (non-hydrogen) atoms. The van der Waals surface area contributed by atoms with E-state index in [0.29, 0.717) is 5.69 Å². The van der Waals surface area contributed by atoms with Gasteiger partial charge in [0, 0.05) is 17.3 Å². The van der Waals surface area contributed by atoms with Gasteiger partial charge < -0.3 is 10.6 Å². The average molecular weight is 367 g/mol. The van der Waals surface area contributed by atoms with Crippen molar-refractivity contribution in [2.75, 3.05) is 10.6 Å². The second-order valence-corrected chi connectivity index (χ2v) is 7.44. The van der Waals surface area contributed by atoms with Crippen LogP contribution in [0.15, 0.2) is 48.5 Å². The van der Waals surface area contributed by atoms with Crippen LogP contribution in [-0.2, 0) is 9.59 Å². The molecule has 0 saturated carbocycles. The zero-order chi connectivity index (χ0) is 20.0. The van der Waals surface area contributed by atoms with Gasteiger partial charge in [-0.05, 0) is 36.1 Å². The van der Waals surface area contributed by atoms with E-state index in [1.807, 2.05) is 69.3 Å². The fourth-order valence-corrected chi connectivity index (χ4v) is 2.97. The number of aryl methyl sites for hydroxylation is 1. The molecule has 2 aromatic rings. The van der Waals surface area contributed by atoms with Gasteiger partial charge in [-0.1, -0.05) is 70.5 Å². The predicted octanol–water partition coefficient (Wildman–Crippen LogP) is 5.36. The molecule has 4 heteroatoms. The Morgan fingerprint density at radius 1 is 0.926 bits per heavy atom. The third kappa shape index (κ3) is 5.43. The zero-order valence-corrected chi connectivity index (χ0v) is 16.9. The van der Waals surface area contributed by atoms with Crippen molar-refractivity contribution in [1.29, 1.82) is 0 Å². The van der Waals surface area contributed by atoms with Crippen LogP contribution in [-0.4, -0.2) is 11.8 Å². The first-order chi connectivity index (χ1) is 12.8. The van der Waals surface area contributed by atoms with Crippen LogP contribution in [0, 0.1) is 18.8 Å². The Bertz CT molecular complexity index is 784. The Hall–Kier alpha value is -2.62.